The lowest BCUT2D eigenvalue weighted by molar-refractivity contribution is 0.0379. The number of halogens is 2. The first kappa shape index (κ1) is 22.9. The largest absolute Gasteiger partial charge is 0.382 e. The number of hydrogen-bond donors (Lipinski definition) is 0. The summed E-state index contributed by atoms with van der Waals surface area (Å²) in [7, 11) is -2.13. The second-order valence-corrected chi connectivity index (χ2v) is 9.76. The Bertz CT molecular complexity index is 1340. The van der Waals surface area contributed by atoms with E-state index in [0.29, 0.717) is 29.1 Å². The fourth-order valence-electron chi connectivity index (χ4n) is 3.69. The van der Waals surface area contributed by atoms with E-state index in [1.165, 1.54) is 24.3 Å². The van der Waals surface area contributed by atoms with Gasteiger partial charge in [-0.25, -0.2) is 32.2 Å². The van der Waals surface area contributed by atoms with Crippen molar-refractivity contribution >= 4 is 15.7 Å². The van der Waals surface area contributed by atoms with Crippen molar-refractivity contribution in [1.82, 2.24) is 24.4 Å². The molecule has 12 heteroatoms. The van der Waals surface area contributed by atoms with Crippen LogP contribution in [0.5, 0.6) is 0 Å². The highest BCUT2D eigenvalue weighted by Gasteiger charge is 2.35. The van der Waals surface area contributed by atoms with Crippen molar-refractivity contribution in [3.05, 3.63) is 59.2 Å². The van der Waals surface area contributed by atoms with Crippen LogP contribution in [-0.2, 0) is 27.7 Å². The first-order valence-corrected chi connectivity index (χ1v) is 11.8. The molecule has 0 N–H and O–H groups in total. The van der Waals surface area contributed by atoms with Gasteiger partial charge in [-0.3, -0.25) is 4.79 Å². The van der Waals surface area contributed by atoms with Crippen molar-refractivity contribution in [2.24, 2.45) is 0 Å². The highest BCUT2D eigenvalue weighted by Crippen LogP contribution is 2.26. The summed E-state index contributed by atoms with van der Waals surface area (Å²) in [4.78, 5) is 27.2. The van der Waals surface area contributed by atoms with Crippen LogP contribution in [0.1, 0.15) is 21.7 Å². The van der Waals surface area contributed by atoms with Gasteiger partial charge in [0.1, 0.15) is 5.69 Å². The van der Waals surface area contributed by atoms with Gasteiger partial charge in [-0.2, -0.15) is 0 Å². The number of carbonyl (C=O) groups excluding carboxylic acids is 1. The van der Waals surface area contributed by atoms with Crippen LogP contribution < -0.4 is 0 Å². The second kappa shape index (κ2) is 8.60. The highest BCUT2D eigenvalue weighted by atomic mass is 32.2. The Hall–Kier alpha value is -3.25. The maximum Gasteiger partial charge on any atom is 0.290 e. The fourth-order valence-corrected chi connectivity index (χ4v) is 4.20. The third kappa shape index (κ3) is 4.48. The van der Waals surface area contributed by atoms with Gasteiger partial charge < -0.3 is 14.2 Å². The van der Waals surface area contributed by atoms with Crippen LogP contribution in [0.4, 0.5) is 8.78 Å². The number of benzene rings is 1. The lowest BCUT2D eigenvalue weighted by atomic mass is 10.1. The van der Waals surface area contributed by atoms with Crippen molar-refractivity contribution in [2.45, 2.75) is 31.2 Å². The summed E-state index contributed by atoms with van der Waals surface area (Å²) in [5, 5.41) is -0.336. The summed E-state index contributed by atoms with van der Waals surface area (Å²) >= 11 is 0. The predicted molar refractivity (Wildman–Crippen MR) is 113 cm³/mol. The highest BCUT2D eigenvalue weighted by molar-refractivity contribution is 7.90. The number of methoxy groups -OCH3 is 1. The van der Waals surface area contributed by atoms with E-state index in [4.69, 9.17) is 4.74 Å². The van der Waals surface area contributed by atoms with Gasteiger partial charge >= 0.3 is 0 Å². The number of aryl methyl sites for hydroxylation is 1. The molecule has 1 aliphatic rings. The van der Waals surface area contributed by atoms with E-state index in [-0.39, 0.29) is 30.2 Å². The van der Waals surface area contributed by atoms with E-state index >= 15 is 0 Å². The molecular weight excluding hydrogens is 456 g/mol. The molecule has 0 spiro atoms. The van der Waals surface area contributed by atoms with Crippen LogP contribution >= 0.6 is 0 Å². The Morgan fingerprint density at radius 2 is 1.97 bits per heavy atom. The van der Waals surface area contributed by atoms with Crippen molar-refractivity contribution in [3.8, 4) is 11.4 Å². The molecule has 33 heavy (non-hydrogen) atoms. The van der Waals surface area contributed by atoms with Gasteiger partial charge in [0.15, 0.2) is 17.5 Å². The van der Waals surface area contributed by atoms with Crippen LogP contribution in [0, 0.1) is 18.6 Å². The van der Waals surface area contributed by atoms with Crippen LogP contribution in [0.15, 0.2) is 35.7 Å². The maximum absolute atomic E-state index is 13.7. The number of amides is 1. The van der Waals surface area contributed by atoms with Gasteiger partial charge in [-0.1, -0.05) is 6.07 Å². The number of hydrogen-bond acceptors (Lipinski definition) is 7. The zero-order valence-corrected chi connectivity index (χ0v) is 18.9. The van der Waals surface area contributed by atoms with Crippen molar-refractivity contribution in [1.29, 1.82) is 0 Å². The molecule has 2 aromatic heterocycles. The lowest BCUT2D eigenvalue weighted by Gasteiger charge is -2.35. The van der Waals surface area contributed by atoms with E-state index in [0.717, 1.165) is 18.4 Å². The van der Waals surface area contributed by atoms with Crippen LogP contribution in [0.2, 0.25) is 0 Å². The molecule has 0 fully saturated rings. The van der Waals surface area contributed by atoms with Gasteiger partial charge in [-0.15, -0.1) is 0 Å². The molecule has 3 aromatic rings. The van der Waals surface area contributed by atoms with Gasteiger partial charge in [-0.05, 0) is 30.2 Å². The minimum Gasteiger partial charge on any atom is -0.382 e. The van der Waals surface area contributed by atoms with Crippen LogP contribution in [-0.4, -0.2) is 64.8 Å². The van der Waals surface area contributed by atoms with Crippen LogP contribution in [0.25, 0.3) is 11.4 Å². The molecule has 3 heterocycles. The number of aromatic nitrogens is 4. The number of sulfone groups is 1. The molecule has 1 aliphatic heterocycles. The lowest BCUT2D eigenvalue weighted by Crippen LogP contribution is -2.49. The summed E-state index contributed by atoms with van der Waals surface area (Å²) in [6, 6.07) is 3.10. The number of ether oxygens (including phenoxy) is 1. The van der Waals surface area contributed by atoms with E-state index < -0.39 is 27.4 Å². The Balaban J connectivity index is 1.72. The van der Waals surface area contributed by atoms with Gasteiger partial charge in [0.05, 0.1) is 18.3 Å². The Kier molecular flexibility index (Phi) is 5.97. The molecule has 4 rings (SSSR count). The molecule has 1 atom stereocenters. The number of carbonyl (C=O) groups is 1. The van der Waals surface area contributed by atoms with Gasteiger partial charge in [0.25, 0.3) is 5.91 Å². The Morgan fingerprint density at radius 1 is 1.21 bits per heavy atom. The van der Waals surface area contributed by atoms with Crippen LogP contribution in [0.3, 0.4) is 0 Å². The zero-order chi connectivity index (χ0) is 23.9. The molecule has 1 aromatic carbocycles. The molecule has 9 nitrogen and oxygen atoms in total. The maximum atomic E-state index is 13.7. The predicted octanol–water partition coefficient (Wildman–Crippen LogP) is 2.00. The van der Waals surface area contributed by atoms with Crippen molar-refractivity contribution in [2.75, 3.05) is 20.0 Å². The van der Waals surface area contributed by atoms with Gasteiger partial charge in [0.2, 0.25) is 15.0 Å². The molecule has 1 amide bonds. The van der Waals surface area contributed by atoms with E-state index in [2.05, 4.69) is 15.0 Å². The van der Waals surface area contributed by atoms with Gasteiger partial charge in [0, 0.05) is 38.8 Å². The minimum absolute atomic E-state index is 0.0387. The smallest absolute Gasteiger partial charge is 0.290 e. The summed E-state index contributed by atoms with van der Waals surface area (Å²) in [5.41, 5.74) is 1.65. The number of fused-ring (bicyclic) bond motifs is 1. The molecule has 0 bridgehead atoms. The number of rotatable bonds is 6. The molecule has 0 radical (unpaired) electrons. The molecule has 0 saturated heterocycles. The second-order valence-electron chi connectivity index (χ2n) is 7.85. The van der Waals surface area contributed by atoms with Crippen molar-refractivity contribution in [3.63, 3.8) is 0 Å². The molecule has 0 aliphatic carbocycles. The molecule has 174 valence electrons. The molecule has 1 unspecified atom stereocenters. The zero-order valence-electron chi connectivity index (χ0n) is 18.1. The first-order chi connectivity index (χ1) is 15.6. The Morgan fingerprint density at radius 3 is 2.64 bits per heavy atom. The summed E-state index contributed by atoms with van der Waals surface area (Å²) in [5.74, 6) is -2.26. The first-order valence-electron chi connectivity index (χ1n) is 9.93. The van der Waals surface area contributed by atoms with E-state index in [1.54, 1.807) is 17.7 Å². The monoisotopic (exact) mass is 477 g/mol. The third-order valence-corrected chi connectivity index (χ3v) is 6.16. The standard InChI is InChI=1S/C21H21F2N5O4S/c1-12-7-24-21(33(3,30)31)26-18(12)17-10-27-9-14(11-32-2)28(20(29)19(27)25-17)8-13-4-5-15(22)16(23)6-13/h4-7,10,14H,8-9,11H2,1-3H3. The topological polar surface area (TPSA) is 107 Å². The summed E-state index contributed by atoms with van der Waals surface area (Å²) < 4.78 is 57.7. The SMILES string of the molecule is COCC1Cn2cc(-c3nc(S(C)(=O)=O)ncc3C)nc2C(=O)N1Cc1ccc(F)c(F)c1. The van der Waals surface area contributed by atoms with E-state index in [1.807, 2.05) is 0 Å². The number of nitrogens with zero attached hydrogens (tertiary/aromatic N) is 5. The third-order valence-electron chi connectivity index (χ3n) is 5.30. The summed E-state index contributed by atoms with van der Waals surface area (Å²) in [6.45, 7) is 2.31. The average Bonchev–Trinajstić information content (AvgIpc) is 3.17. The number of imidazole rings is 1. The van der Waals surface area contributed by atoms with E-state index in [9.17, 15) is 22.0 Å². The van der Waals surface area contributed by atoms with Crippen molar-refractivity contribution < 1.29 is 26.7 Å². The quantitative estimate of drug-likeness (QED) is 0.500. The minimum atomic E-state index is -3.63. The summed E-state index contributed by atoms with van der Waals surface area (Å²) in [6.07, 6.45) is 4.03. The normalized spacial score (nSPS) is 16.2. The Labute approximate surface area is 189 Å². The fraction of sp³-hybridized carbons (Fsp3) is 0.333. The molecular formula is C21H21F2N5O4S. The molecule has 0 saturated carbocycles. The average molecular weight is 477 g/mol.